The molecule has 1 aromatic carbocycles. The van der Waals surface area contributed by atoms with Gasteiger partial charge in [0.2, 0.25) is 5.91 Å². The highest BCUT2D eigenvalue weighted by Crippen LogP contribution is 2.31. The van der Waals surface area contributed by atoms with Gasteiger partial charge in [-0.15, -0.1) is 0 Å². The molecule has 0 bridgehead atoms. The Hall–Kier alpha value is -2.15. The van der Waals surface area contributed by atoms with Crippen LogP contribution >= 0.6 is 12.2 Å². The number of carbonyl (C=O) groups is 2. The van der Waals surface area contributed by atoms with E-state index in [1.807, 2.05) is 25.1 Å². The van der Waals surface area contributed by atoms with Crippen molar-refractivity contribution in [2.45, 2.75) is 19.4 Å². The Morgan fingerprint density at radius 2 is 2.19 bits per heavy atom. The highest BCUT2D eigenvalue weighted by molar-refractivity contribution is 7.71. The topological polar surface area (TPSA) is 67.3 Å². The first kappa shape index (κ1) is 13.8. The Kier molecular flexibility index (Phi) is 3.29. The lowest BCUT2D eigenvalue weighted by molar-refractivity contribution is -0.137. The SMILES string of the molecule is CCOc1cccc2c1[nH]c(=S)n2C1CC(=O)N(C)C1=O. The monoisotopic (exact) mass is 305 g/mol. The Bertz CT molecular complexity index is 792. The minimum atomic E-state index is -0.583. The Labute approximate surface area is 126 Å². The number of aromatic nitrogens is 2. The Morgan fingerprint density at radius 1 is 1.43 bits per heavy atom. The van der Waals surface area contributed by atoms with Gasteiger partial charge in [0.15, 0.2) is 4.77 Å². The minimum Gasteiger partial charge on any atom is -0.492 e. The molecule has 7 heteroatoms. The lowest BCUT2D eigenvalue weighted by Crippen LogP contribution is -2.26. The number of ether oxygens (including phenoxy) is 1. The summed E-state index contributed by atoms with van der Waals surface area (Å²) in [5, 5.41) is 0. The zero-order valence-electron chi connectivity index (χ0n) is 11.8. The summed E-state index contributed by atoms with van der Waals surface area (Å²) in [4.78, 5) is 28.2. The molecular formula is C14H15N3O3S. The van der Waals surface area contributed by atoms with E-state index in [9.17, 15) is 9.59 Å². The first-order valence-corrected chi connectivity index (χ1v) is 7.11. The number of hydrogen-bond donors (Lipinski definition) is 1. The zero-order chi connectivity index (χ0) is 15.1. The molecule has 1 unspecified atom stereocenters. The average Bonchev–Trinajstić information content (AvgIpc) is 2.91. The van der Waals surface area contributed by atoms with Crippen LogP contribution in [0.5, 0.6) is 5.75 Å². The molecule has 2 aromatic rings. The maximum atomic E-state index is 12.2. The molecule has 2 heterocycles. The van der Waals surface area contributed by atoms with Gasteiger partial charge in [0.05, 0.1) is 18.5 Å². The van der Waals surface area contributed by atoms with E-state index in [2.05, 4.69) is 4.98 Å². The van der Waals surface area contributed by atoms with Gasteiger partial charge in [-0.05, 0) is 31.3 Å². The van der Waals surface area contributed by atoms with Crippen LogP contribution in [-0.4, -0.2) is 39.9 Å². The van der Waals surface area contributed by atoms with Crippen LogP contribution in [0.4, 0.5) is 0 Å². The summed E-state index contributed by atoms with van der Waals surface area (Å²) in [6.45, 7) is 2.44. The minimum absolute atomic E-state index is 0.134. The largest absolute Gasteiger partial charge is 0.492 e. The Morgan fingerprint density at radius 3 is 2.81 bits per heavy atom. The van der Waals surface area contributed by atoms with Gasteiger partial charge in [0, 0.05) is 7.05 Å². The number of nitrogens with zero attached hydrogens (tertiary/aromatic N) is 2. The summed E-state index contributed by atoms with van der Waals surface area (Å²) in [6, 6.07) is 4.97. The fraction of sp³-hybridized carbons (Fsp3) is 0.357. The fourth-order valence-corrected chi connectivity index (χ4v) is 2.97. The van der Waals surface area contributed by atoms with Crippen molar-refractivity contribution in [3.63, 3.8) is 0 Å². The van der Waals surface area contributed by atoms with E-state index < -0.39 is 6.04 Å². The molecule has 0 saturated carbocycles. The van der Waals surface area contributed by atoms with Gasteiger partial charge < -0.3 is 14.3 Å². The van der Waals surface area contributed by atoms with Gasteiger partial charge in [0.1, 0.15) is 17.3 Å². The van der Waals surface area contributed by atoms with E-state index in [0.717, 1.165) is 15.9 Å². The third kappa shape index (κ3) is 2.04. The van der Waals surface area contributed by atoms with Crippen LogP contribution in [-0.2, 0) is 9.59 Å². The summed E-state index contributed by atoms with van der Waals surface area (Å²) >= 11 is 5.33. The molecule has 110 valence electrons. The number of nitrogens with one attached hydrogen (secondary N) is 1. The second kappa shape index (κ2) is 5.00. The third-order valence-electron chi connectivity index (χ3n) is 3.68. The molecule has 1 aliphatic heterocycles. The lowest BCUT2D eigenvalue weighted by atomic mass is 10.2. The number of para-hydroxylation sites is 1. The second-order valence-electron chi connectivity index (χ2n) is 4.89. The molecule has 0 radical (unpaired) electrons. The van der Waals surface area contributed by atoms with E-state index in [1.54, 1.807) is 4.57 Å². The van der Waals surface area contributed by atoms with Crippen LogP contribution in [0, 0.1) is 4.77 Å². The smallest absolute Gasteiger partial charge is 0.252 e. The molecule has 1 N–H and O–H groups in total. The van der Waals surface area contributed by atoms with Gasteiger partial charge in [-0.25, -0.2) is 0 Å². The second-order valence-corrected chi connectivity index (χ2v) is 5.28. The summed E-state index contributed by atoms with van der Waals surface area (Å²) in [5.41, 5.74) is 1.52. The zero-order valence-corrected chi connectivity index (χ0v) is 12.6. The van der Waals surface area contributed by atoms with Gasteiger partial charge in [0.25, 0.3) is 5.91 Å². The summed E-state index contributed by atoms with van der Waals surface area (Å²) in [5.74, 6) is 0.256. The quantitative estimate of drug-likeness (QED) is 0.696. The molecule has 6 nitrogen and oxygen atoms in total. The van der Waals surface area contributed by atoms with Crippen LogP contribution in [0.25, 0.3) is 11.0 Å². The maximum Gasteiger partial charge on any atom is 0.252 e. The molecule has 1 atom stereocenters. The average molecular weight is 305 g/mol. The standard InChI is InChI=1S/C14H15N3O3S/c1-3-20-10-6-4-5-8-12(10)15-14(21)17(8)9-7-11(18)16(2)13(9)19/h4-6,9H,3,7H2,1-2H3,(H,15,21). The molecule has 0 spiro atoms. The van der Waals surface area contributed by atoms with Crippen molar-refractivity contribution in [2.75, 3.05) is 13.7 Å². The number of carbonyl (C=O) groups excluding carboxylic acids is 2. The van der Waals surface area contributed by atoms with E-state index in [1.165, 1.54) is 7.05 Å². The first-order valence-electron chi connectivity index (χ1n) is 6.71. The Balaban J connectivity index is 2.18. The fourth-order valence-electron chi connectivity index (χ4n) is 2.65. The number of rotatable bonds is 3. The van der Waals surface area contributed by atoms with Crippen LogP contribution in [0.15, 0.2) is 18.2 Å². The van der Waals surface area contributed by atoms with Crippen molar-refractivity contribution < 1.29 is 14.3 Å². The number of aromatic amines is 1. The number of benzene rings is 1. The van der Waals surface area contributed by atoms with Crippen LogP contribution in [0.3, 0.4) is 0 Å². The van der Waals surface area contributed by atoms with E-state index in [4.69, 9.17) is 17.0 Å². The normalized spacial score (nSPS) is 18.8. The summed E-state index contributed by atoms with van der Waals surface area (Å²) < 4.78 is 7.69. The van der Waals surface area contributed by atoms with Crippen LogP contribution in [0.2, 0.25) is 0 Å². The van der Waals surface area contributed by atoms with Gasteiger partial charge >= 0.3 is 0 Å². The highest BCUT2D eigenvalue weighted by Gasteiger charge is 2.38. The molecule has 0 aliphatic carbocycles. The number of imidazole rings is 1. The maximum absolute atomic E-state index is 12.2. The number of likely N-dealkylation sites (N-methyl/N-ethyl adjacent to an activating group) is 1. The van der Waals surface area contributed by atoms with E-state index >= 15 is 0 Å². The summed E-state index contributed by atoms with van der Waals surface area (Å²) in [7, 11) is 1.49. The highest BCUT2D eigenvalue weighted by atomic mass is 32.1. The van der Waals surface area contributed by atoms with Crippen molar-refractivity contribution in [3.8, 4) is 5.75 Å². The predicted molar refractivity (Wildman–Crippen MR) is 79.7 cm³/mol. The van der Waals surface area contributed by atoms with Crippen molar-refractivity contribution in [3.05, 3.63) is 23.0 Å². The van der Waals surface area contributed by atoms with Crippen molar-refractivity contribution in [1.29, 1.82) is 0 Å². The van der Waals surface area contributed by atoms with Crippen molar-refractivity contribution in [1.82, 2.24) is 14.5 Å². The number of fused-ring (bicyclic) bond motifs is 1. The van der Waals surface area contributed by atoms with Crippen LogP contribution < -0.4 is 4.74 Å². The lowest BCUT2D eigenvalue weighted by Gasteiger charge is -2.12. The van der Waals surface area contributed by atoms with Crippen molar-refractivity contribution >= 4 is 35.1 Å². The molecule has 1 aromatic heterocycles. The molecule has 1 aliphatic rings. The van der Waals surface area contributed by atoms with Gasteiger partial charge in [-0.1, -0.05) is 6.07 Å². The number of hydrogen-bond acceptors (Lipinski definition) is 4. The molecule has 21 heavy (non-hydrogen) atoms. The number of H-pyrrole nitrogens is 1. The van der Waals surface area contributed by atoms with Gasteiger partial charge in [-0.3, -0.25) is 14.5 Å². The molecular weight excluding hydrogens is 290 g/mol. The number of amides is 2. The summed E-state index contributed by atoms with van der Waals surface area (Å²) in [6.07, 6.45) is 0.134. The van der Waals surface area contributed by atoms with E-state index in [-0.39, 0.29) is 18.2 Å². The third-order valence-corrected chi connectivity index (χ3v) is 3.98. The van der Waals surface area contributed by atoms with E-state index in [0.29, 0.717) is 17.1 Å². The molecule has 2 amide bonds. The molecule has 1 fully saturated rings. The predicted octanol–water partition coefficient (Wildman–Crippen LogP) is 2.03. The number of likely N-dealkylation sites (tertiary alicyclic amines) is 1. The molecule has 3 rings (SSSR count). The van der Waals surface area contributed by atoms with Gasteiger partial charge in [-0.2, -0.15) is 0 Å². The first-order chi connectivity index (χ1) is 10.0. The number of imide groups is 1. The van der Waals surface area contributed by atoms with Crippen LogP contribution in [0.1, 0.15) is 19.4 Å². The van der Waals surface area contributed by atoms with Crippen molar-refractivity contribution in [2.24, 2.45) is 0 Å². The molecule has 1 saturated heterocycles.